The summed E-state index contributed by atoms with van der Waals surface area (Å²) in [6.45, 7) is 11.0. The number of likely N-dealkylation sites (tertiary alicyclic amines) is 1. The number of nitrogens with one attached hydrogen (secondary N) is 2. The number of hydrogen-bond donors (Lipinski definition) is 2. The molecular weight excluding hydrogens is 352 g/mol. The van der Waals surface area contributed by atoms with Crippen molar-refractivity contribution in [1.82, 2.24) is 15.5 Å². The van der Waals surface area contributed by atoms with E-state index in [0.29, 0.717) is 13.2 Å². The Morgan fingerprint density at radius 3 is 2.79 bits per heavy atom. The predicted octanol–water partition coefficient (Wildman–Crippen LogP) is 2.56. The van der Waals surface area contributed by atoms with E-state index in [0.717, 1.165) is 49.3 Å². The van der Waals surface area contributed by atoms with Gasteiger partial charge in [-0.05, 0) is 50.4 Å². The van der Waals surface area contributed by atoms with Gasteiger partial charge in [-0.2, -0.15) is 0 Å². The van der Waals surface area contributed by atoms with Gasteiger partial charge in [0, 0.05) is 38.7 Å². The molecule has 0 aromatic heterocycles. The highest BCUT2D eigenvalue weighted by molar-refractivity contribution is 5.79. The molecule has 1 atom stereocenters. The van der Waals surface area contributed by atoms with Crippen molar-refractivity contribution in [3.8, 4) is 5.75 Å². The average molecular weight is 389 g/mol. The summed E-state index contributed by atoms with van der Waals surface area (Å²) in [7, 11) is 1.82. The topological polar surface area (TPSA) is 58.1 Å². The first-order valence-electron chi connectivity index (χ1n) is 10.6. The number of hydrogen-bond acceptors (Lipinski definition) is 4. The van der Waals surface area contributed by atoms with Crippen molar-refractivity contribution in [3.05, 3.63) is 29.3 Å². The second kappa shape index (κ2) is 10.7. The molecule has 28 heavy (non-hydrogen) atoms. The number of aliphatic imine (C=N–C) groups is 1. The maximum atomic E-state index is 6.19. The first-order chi connectivity index (χ1) is 13.6. The van der Waals surface area contributed by atoms with Crippen LogP contribution in [-0.2, 0) is 11.3 Å². The smallest absolute Gasteiger partial charge is 0.191 e. The minimum atomic E-state index is 0.158. The van der Waals surface area contributed by atoms with Crippen LogP contribution in [0.15, 0.2) is 23.2 Å². The molecule has 0 saturated carbocycles. The average Bonchev–Trinajstić information content (AvgIpc) is 3.20. The molecule has 0 radical (unpaired) electrons. The van der Waals surface area contributed by atoms with Crippen molar-refractivity contribution in [1.29, 1.82) is 0 Å². The predicted molar refractivity (Wildman–Crippen MR) is 114 cm³/mol. The van der Waals surface area contributed by atoms with Crippen LogP contribution in [0.25, 0.3) is 0 Å². The number of benzene rings is 1. The zero-order valence-corrected chi connectivity index (χ0v) is 17.7. The third kappa shape index (κ3) is 6.38. The van der Waals surface area contributed by atoms with E-state index in [-0.39, 0.29) is 6.10 Å². The Morgan fingerprint density at radius 1 is 1.25 bits per heavy atom. The Balaban J connectivity index is 1.46. The molecular formula is C22H36N4O2. The standard InChI is InChI=1S/C22H36N4O2/c1-17-6-10-26(11-7-17)12-9-24-22(23-3)25-15-19-5-4-18(2)14-21(19)28-20-8-13-27-16-20/h4-5,14,17,20H,6-13,15-16H2,1-3H3,(H2,23,24,25). The number of ether oxygens (including phenoxy) is 2. The highest BCUT2D eigenvalue weighted by Crippen LogP contribution is 2.23. The van der Waals surface area contributed by atoms with Crippen LogP contribution < -0.4 is 15.4 Å². The van der Waals surface area contributed by atoms with Crippen molar-refractivity contribution in [2.45, 2.75) is 45.8 Å². The zero-order chi connectivity index (χ0) is 19.8. The maximum Gasteiger partial charge on any atom is 0.191 e. The molecule has 0 bridgehead atoms. The van der Waals surface area contributed by atoms with Crippen LogP contribution in [0.2, 0.25) is 0 Å². The van der Waals surface area contributed by atoms with E-state index in [1.165, 1.54) is 31.5 Å². The zero-order valence-electron chi connectivity index (χ0n) is 17.7. The maximum absolute atomic E-state index is 6.19. The molecule has 6 heteroatoms. The van der Waals surface area contributed by atoms with Crippen molar-refractivity contribution in [2.24, 2.45) is 10.9 Å². The number of guanidine groups is 1. The normalized spacial score (nSPS) is 21.7. The lowest BCUT2D eigenvalue weighted by molar-refractivity contribution is 0.140. The van der Waals surface area contributed by atoms with Crippen LogP contribution in [0.1, 0.15) is 37.3 Å². The summed E-state index contributed by atoms with van der Waals surface area (Å²) in [5, 5.41) is 6.86. The summed E-state index contributed by atoms with van der Waals surface area (Å²) in [6.07, 6.45) is 3.74. The Labute approximate surface area is 169 Å². The number of rotatable bonds is 7. The fraction of sp³-hybridized carbons (Fsp3) is 0.682. The number of piperidine rings is 1. The SMILES string of the molecule is CN=C(NCCN1CCC(C)CC1)NCc1ccc(C)cc1OC1CCOC1. The van der Waals surface area contributed by atoms with Gasteiger partial charge in [-0.15, -0.1) is 0 Å². The quantitative estimate of drug-likeness (QED) is 0.555. The summed E-state index contributed by atoms with van der Waals surface area (Å²) < 4.78 is 11.6. The fourth-order valence-corrected chi connectivity index (χ4v) is 3.72. The number of aryl methyl sites for hydroxylation is 1. The second-order valence-electron chi connectivity index (χ2n) is 8.09. The van der Waals surface area contributed by atoms with Gasteiger partial charge in [-0.25, -0.2) is 0 Å². The van der Waals surface area contributed by atoms with Gasteiger partial charge in [-0.3, -0.25) is 4.99 Å². The molecule has 2 N–H and O–H groups in total. The third-order valence-corrected chi connectivity index (χ3v) is 5.67. The lowest BCUT2D eigenvalue weighted by atomic mass is 9.99. The van der Waals surface area contributed by atoms with Gasteiger partial charge < -0.3 is 25.0 Å². The van der Waals surface area contributed by atoms with E-state index in [9.17, 15) is 0 Å². The summed E-state index contributed by atoms with van der Waals surface area (Å²) >= 11 is 0. The van der Waals surface area contributed by atoms with Crippen LogP contribution in [-0.4, -0.2) is 63.4 Å². The second-order valence-corrected chi connectivity index (χ2v) is 8.09. The highest BCUT2D eigenvalue weighted by Gasteiger charge is 2.19. The molecule has 6 nitrogen and oxygen atoms in total. The van der Waals surface area contributed by atoms with Gasteiger partial charge in [0.05, 0.1) is 13.2 Å². The van der Waals surface area contributed by atoms with Gasteiger partial charge >= 0.3 is 0 Å². The minimum Gasteiger partial charge on any atom is -0.488 e. The van der Waals surface area contributed by atoms with E-state index in [1.807, 2.05) is 7.05 Å². The molecule has 0 amide bonds. The van der Waals surface area contributed by atoms with Crippen LogP contribution in [0.5, 0.6) is 5.75 Å². The van der Waals surface area contributed by atoms with E-state index in [4.69, 9.17) is 9.47 Å². The summed E-state index contributed by atoms with van der Waals surface area (Å²) in [5.74, 6) is 2.65. The molecule has 0 aliphatic carbocycles. The Kier molecular flexibility index (Phi) is 7.98. The molecule has 2 aliphatic rings. The van der Waals surface area contributed by atoms with E-state index in [2.05, 4.69) is 52.6 Å². The van der Waals surface area contributed by atoms with Crippen LogP contribution in [0, 0.1) is 12.8 Å². The molecule has 3 rings (SSSR count). The molecule has 1 unspecified atom stereocenters. The van der Waals surface area contributed by atoms with Crippen molar-refractivity contribution in [3.63, 3.8) is 0 Å². The van der Waals surface area contributed by atoms with Crippen molar-refractivity contribution < 1.29 is 9.47 Å². The first kappa shape index (κ1) is 20.9. The van der Waals surface area contributed by atoms with Gasteiger partial charge in [0.15, 0.2) is 5.96 Å². The van der Waals surface area contributed by atoms with E-state index >= 15 is 0 Å². The van der Waals surface area contributed by atoms with Gasteiger partial charge in [0.1, 0.15) is 11.9 Å². The monoisotopic (exact) mass is 388 g/mol. The van der Waals surface area contributed by atoms with Crippen LogP contribution in [0.4, 0.5) is 0 Å². The van der Waals surface area contributed by atoms with Crippen molar-refractivity contribution >= 4 is 5.96 Å². The first-order valence-corrected chi connectivity index (χ1v) is 10.6. The van der Waals surface area contributed by atoms with E-state index in [1.54, 1.807) is 0 Å². The molecule has 2 aliphatic heterocycles. The lowest BCUT2D eigenvalue weighted by Gasteiger charge is -2.30. The molecule has 0 spiro atoms. The van der Waals surface area contributed by atoms with Gasteiger partial charge in [-0.1, -0.05) is 19.1 Å². The molecule has 2 fully saturated rings. The largest absolute Gasteiger partial charge is 0.488 e. The molecule has 1 aromatic rings. The molecule has 2 heterocycles. The van der Waals surface area contributed by atoms with E-state index < -0.39 is 0 Å². The molecule has 1 aromatic carbocycles. The molecule has 2 saturated heterocycles. The van der Waals surface area contributed by atoms with Crippen LogP contribution in [0.3, 0.4) is 0 Å². The highest BCUT2D eigenvalue weighted by atomic mass is 16.5. The summed E-state index contributed by atoms with van der Waals surface area (Å²) in [5.41, 5.74) is 2.35. The summed E-state index contributed by atoms with van der Waals surface area (Å²) in [4.78, 5) is 6.90. The Bertz CT molecular complexity index is 635. The van der Waals surface area contributed by atoms with Crippen LogP contribution >= 0.6 is 0 Å². The van der Waals surface area contributed by atoms with Gasteiger partial charge in [0.2, 0.25) is 0 Å². The van der Waals surface area contributed by atoms with Crippen molar-refractivity contribution in [2.75, 3.05) is 46.4 Å². The molecule has 156 valence electrons. The number of nitrogens with zero attached hydrogens (tertiary/aromatic N) is 2. The Hall–Kier alpha value is -1.79. The summed E-state index contributed by atoms with van der Waals surface area (Å²) in [6, 6.07) is 6.38. The third-order valence-electron chi connectivity index (χ3n) is 5.67. The lowest BCUT2D eigenvalue weighted by Crippen LogP contribution is -2.43. The van der Waals surface area contributed by atoms with Gasteiger partial charge in [0.25, 0.3) is 0 Å². The fourth-order valence-electron chi connectivity index (χ4n) is 3.72. The minimum absolute atomic E-state index is 0.158. The Morgan fingerprint density at radius 2 is 2.07 bits per heavy atom.